The highest BCUT2D eigenvalue weighted by Crippen LogP contribution is 2.31. The number of thiazole rings is 1. The molecule has 0 spiro atoms. The van der Waals surface area contributed by atoms with Crippen molar-refractivity contribution in [3.63, 3.8) is 0 Å². The Morgan fingerprint density at radius 1 is 1.15 bits per heavy atom. The van der Waals surface area contributed by atoms with Crippen molar-refractivity contribution in [3.8, 4) is 0 Å². The predicted molar refractivity (Wildman–Crippen MR) is 130 cm³/mol. The van der Waals surface area contributed by atoms with Gasteiger partial charge in [-0.2, -0.15) is 4.98 Å². The number of aliphatic hydroxyl groups is 1. The van der Waals surface area contributed by atoms with Crippen molar-refractivity contribution in [1.29, 1.82) is 0 Å². The molecule has 1 saturated heterocycles. The van der Waals surface area contributed by atoms with Crippen LogP contribution in [0.4, 0.5) is 22.6 Å². The monoisotopic (exact) mass is 485 g/mol. The predicted octanol–water partition coefficient (Wildman–Crippen LogP) is 3.29. The van der Waals surface area contributed by atoms with E-state index in [9.17, 15) is 15.2 Å². The first-order valence-corrected chi connectivity index (χ1v) is 12.3. The summed E-state index contributed by atoms with van der Waals surface area (Å²) in [7, 11) is 0. The molecule has 1 saturated carbocycles. The van der Waals surface area contributed by atoms with Crippen LogP contribution in [0.15, 0.2) is 24.3 Å². The number of non-ortho nitro benzene ring substituents is 1. The molecule has 3 heterocycles. The normalized spacial score (nSPS) is 21.4. The zero-order valence-corrected chi connectivity index (χ0v) is 19.5. The van der Waals surface area contributed by atoms with Gasteiger partial charge in [0.1, 0.15) is 5.82 Å². The van der Waals surface area contributed by atoms with E-state index in [1.807, 2.05) is 6.07 Å². The fourth-order valence-electron chi connectivity index (χ4n) is 4.29. The van der Waals surface area contributed by atoms with Crippen molar-refractivity contribution in [2.75, 3.05) is 36.9 Å². The number of nitrogens with one attached hydrogen (secondary N) is 2. The molecule has 1 aliphatic carbocycles. The second-order valence-electron chi connectivity index (χ2n) is 8.66. The van der Waals surface area contributed by atoms with Crippen LogP contribution in [0.25, 0.3) is 10.2 Å². The number of morpholine rings is 1. The minimum atomic E-state index is -0.406. The number of nitro benzene ring substituents is 1. The van der Waals surface area contributed by atoms with Gasteiger partial charge < -0.3 is 20.5 Å². The van der Waals surface area contributed by atoms with E-state index < -0.39 is 4.92 Å². The highest BCUT2D eigenvalue weighted by Gasteiger charge is 2.21. The Labute approximate surface area is 200 Å². The van der Waals surface area contributed by atoms with Crippen LogP contribution in [0.1, 0.15) is 31.4 Å². The molecule has 0 amide bonds. The fourth-order valence-corrected chi connectivity index (χ4v) is 5.19. The largest absolute Gasteiger partial charge is 0.393 e. The molecule has 2 fully saturated rings. The highest BCUT2D eigenvalue weighted by molar-refractivity contribution is 7.22. The quantitative estimate of drug-likeness (QED) is 0.337. The van der Waals surface area contributed by atoms with Crippen molar-refractivity contribution in [1.82, 2.24) is 19.9 Å². The number of hydrogen-bond donors (Lipinski definition) is 3. The number of hydrogen-bond acceptors (Lipinski definition) is 11. The summed E-state index contributed by atoms with van der Waals surface area (Å²) in [5.41, 5.74) is 1.62. The van der Waals surface area contributed by atoms with Gasteiger partial charge in [-0.3, -0.25) is 15.0 Å². The number of nitro groups is 1. The lowest BCUT2D eigenvalue weighted by Gasteiger charge is -2.27. The molecular formula is C22H27N7O4S. The van der Waals surface area contributed by atoms with Crippen molar-refractivity contribution in [3.05, 3.63) is 40.1 Å². The molecule has 5 rings (SSSR count). The number of nitrogens with zero attached hydrogens (tertiary/aromatic N) is 5. The Bertz CT molecular complexity index is 1160. The summed E-state index contributed by atoms with van der Waals surface area (Å²) in [4.78, 5) is 27.0. The summed E-state index contributed by atoms with van der Waals surface area (Å²) >= 11 is 1.34. The number of anilines is 3. The maximum Gasteiger partial charge on any atom is 0.270 e. The van der Waals surface area contributed by atoms with Crippen molar-refractivity contribution >= 4 is 44.1 Å². The van der Waals surface area contributed by atoms with Crippen LogP contribution >= 0.6 is 11.3 Å². The van der Waals surface area contributed by atoms with Gasteiger partial charge in [-0.1, -0.05) is 11.3 Å². The molecule has 3 N–H and O–H groups in total. The van der Waals surface area contributed by atoms with Crippen LogP contribution in [0.2, 0.25) is 0 Å². The third-order valence-electron chi connectivity index (χ3n) is 6.12. The Morgan fingerprint density at radius 3 is 2.71 bits per heavy atom. The molecule has 2 aliphatic rings. The van der Waals surface area contributed by atoms with Gasteiger partial charge in [-0.15, -0.1) is 0 Å². The Morgan fingerprint density at radius 2 is 1.94 bits per heavy atom. The van der Waals surface area contributed by atoms with Crippen LogP contribution in [-0.4, -0.2) is 68.3 Å². The third-order valence-corrected chi connectivity index (χ3v) is 7.05. The Balaban J connectivity index is 1.38. The molecule has 1 aromatic carbocycles. The smallest absolute Gasteiger partial charge is 0.270 e. The number of aromatic nitrogens is 3. The van der Waals surface area contributed by atoms with Gasteiger partial charge >= 0.3 is 0 Å². The average Bonchev–Trinajstić information content (AvgIpc) is 3.22. The van der Waals surface area contributed by atoms with Crippen LogP contribution in [-0.2, 0) is 11.3 Å². The summed E-state index contributed by atoms with van der Waals surface area (Å²) in [5, 5.41) is 28.2. The Kier molecular flexibility index (Phi) is 6.81. The molecular weight excluding hydrogens is 458 g/mol. The summed E-state index contributed by atoms with van der Waals surface area (Å²) in [6, 6.07) is 6.79. The summed E-state index contributed by atoms with van der Waals surface area (Å²) < 4.78 is 6.19. The maximum atomic E-state index is 11.1. The van der Waals surface area contributed by atoms with Crippen molar-refractivity contribution in [2.45, 2.75) is 44.4 Å². The highest BCUT2D eigenvalue weighted by atomic mass is 32.1. The maximum absolute atomic E-state index is 11.1. The van der Waals surface area contributed by atoms with Crippen LogP contribution in [0, 0.1) is 10.1 Å². The lowest BCUT2D eigenvalue weighted by atomic mass is 9.93. The van der Waals surface area contributed by atoms with Crippen LogP contribution in [0.3, 0.4) is 0 Å². The van der Waals surface area contributed by atoms with Gasteiger partial charge in [0, 0.05) is 43.9 Å². The molecule has 1 aliphatic heterocycles. The molecule has 0 radical (unpaired) electrons. The van der Waals surface area contributed by atoms with E-state index in [0.717, 1.165) is 49.2 Å². The standard InChI is InChI=1S/C22H27N7O4S/c30-17-4-1-14(2-5-17)23-21-24-15(13-28-7-9-33-10-8-28)11-20(26-21)27-22-25-18-6-3-16(29(31)32)12-19(18)34-22/h3,6,11-12,14,17,30H,1-2,4-5,7-10,13H2,(H2,23,24,25,26,27)/t14-,17-. The second-order valence-corrected chi connectivity index (χ2v) is 9.69. The first-order chi connectivity index (χ1) is 16.5. The molecule has 0 atom stereocenters. The first-order valence-electron chi connectivity index (χ1n) is 11.5. The Hall–Kier alpha value is -2.93. The van der Waals surface area contributed by atoms with Gasteiger partial charge in [-0.05, 0) is 31.7 Å². The van der Waals surface area contributed by atoms with E-state index in [1.165, 1.54) is 23.5 Å². The first kappa shape index (κ1) is 22.8. The van der Waals surface area contributed by atoms with E-state index in [2.05, 4.69) is 25.5 Å². The minimum absolute atomic E-state index is 0.0432. The molecule has 0 unspecified atom stereocenters. The van der Waals surface area contributed by atoms with Crippen molar-refractivity contribution in [2.24, 2.45) is 0 Å². The summed E-state index contributed by atoms with van der Waals surface area (Å²) in [6.45, 7) is 3.82. The summed E-state index contributed by atoms with van der Waals surface area (Å²) in [6.07, 6.45) is 3.07. The molecule has 0 bridgehead atoms. The third kappa shape index (κ3) is 5.58. The lowest BCUT2D eigenvalue weighted by molar-refractivity contribution is -0.384. The van der Waals surface area contributed by atoms with E-state index in [-0.39, 0.29) is 17.8 Å². The van der Waals surface area contributed by atoms with Gasteiger partial charge in [0.25, 0.3) is 5.69 Å². The van der Waals surface area contributed by atoms with E-state index in [4.69, 9.17) is 9.72 Å². The molecule has 11 nitrogen and oxygen atoms in total. The zero-order chi connectivity index (χ0) is 23.5. The van der Waals surface area contributed by atoms with Gasteiger partial charge in [0.05, 0.1) is 40.2 Å². The lowest BCUT2D eigenvalue weighted by Crippen LogP contribution is -2.36. The van der Waals surface area contributed by atoms with Gasteiger partial charge in [0.2, 0.25) is 5.95 Å². The molecule has 12 heteroatoms. The fraction of sp³-hybridized carbons (Fsp3) is 0.500. The number of benzene rings is 1. The topological polar surface area (TPSA) is 139 Å². The van der Waals surface area contributed by atoms with E-state index >= 15 is 0 Å². The number of rotatable bonds is 7. The van der Waals surface area contributed by atoms with Gasteiger partial charge in [-0.25, -0.2) is 9.97 Å². The average molecular weight is 486 g/mol. The van der Waals surface area contributed by atoms with Crippen LogP contribution in [0.5, 0.6) is 0 Å². The molecule has 3 aromatic rings. The number of fused-ring (bicyclic) bond motifs is 1. The number of aliphatic hydroxyl groups excluding tert-OH is 1. The minimum Gasteiger partial charge on any atom is -0.393 e. The SMILES string of the molecule is O=[N+]([O-])c1ccc2nc(Nc3cc(CN4CCOCC4)nc(N[C@H]4CC[C@H](O)CC4)n3)sc2c1. The van der Waals surface area contributed by atoms with E-state index in [1.54, 1.807) is 6.07 Å². The zero-order valence-electron chi connectivity index (χ0n) is 18.6. The van der Waals surface area contributed by atoms with E-state index in [0.29, 0.717) is 42.2 Å². The van der Waals surface area contributed by atoms with Crippen molar-refractivity contribution < 1.29 is 14.8 Å². The second kappa shape index (κ2) is 10.1. The molecule has 2 aromatic heterocycles. The molecule has 34 heavy (non-hydrogen) atoms. The number of ether oxygens (including phenoxy) is 1. The van der Waals surface area contributed by atoms with Gasteiger partial charge in [0.15, 0.2) is 5.13 Å². The molecule has 180 valence electrons. The summed E-state index contributed by atoms with van der Waals surface area (Å²) in [5.74, 6) is 1.16. The van der Waals surface area contributed by atoms with Crippen LogP contribution < -0.4 is 10.6 Å².